The van der Waals surface area contributed by atoms with Gasteiger partial charge in [-0.25, -0.2) is 0 Å². The van der Waals surface area contributed by atoms with Crippen LogP contribution in [0.15, 0.2) is 0 Å². The molecule has 95 valence electrons. The molecular formula is C14H28BrSi. The summed E-state index contributed by atoms with van der Waals surface area (Å²) < 4.78 is 0. The molecule has 0 bridgehead atoms. The Morgan fingerprint density at radius 3 is 2.44 bits per heavy atom. The largest absolute Gasteiger partial charge is 0.0928 e. The van der Waals surface area contributed by atoms with E-state index >= 15 is 0 Å². The highest BCUT2D eigenvalue weighted by molar-refractivity contribution is 9.09. The molecule has 0 N–H and O–H groups in total. The minimum Gasteiger partial charge on any atom is -0.0928 e. The van der Waals surface area contributed by atoms with Crippen molar-refractivity contribution in [3.8, 4) is 0 Å². The maximum Gasteiger partial charge on any atom is 0.0479 e. The average Bonchev–Trinajstić information content (AvgIpc) is 2.32. The smallest absolute Gasteiger partial charge is 0.0479 e. The normalized spacial score (nSPS) is 19.1. The van der Waals surface area contributed by atoms with Crippen molar-refractivity contribution in [2.24, 2.45) is 5.92 Å². The van der Waals surface area contributed by atoms with E-state index in [0.717, 1.165) is 5.92 Å². The van der Waals surface area contributed by atoms with Crippen LogP contribution in [0.25, 0.3) is 0 Å². The Kier molecular flexibility index (Phi) is 8.95. The monoisotopic (exact) mass is 303 g/mol. The van der Waals surface area contributed by atoms with Crippen LogP contribution in [0.5, 0.6) is 0 Å². The molecule has 1 radical (unpaired) electrons. The Hall–Kier alpha value is 0.697. The van der Waals surface area contributed by atoms with Gasteiger partial charge in [0.2, 0.25) is 0 Å². The fourth-order valence-electron chi connectivity index (χ4n) is 2.78. The molecule has 16 heavy (non-hydrogen) atoms. The molecule has 0 aromatic heterocycles. The third kappa shape index (κ3) is 6.44. The van der Waals surface area contributed by atoms with E-state index in [-0.39, 0.29) is 8.80 Å². The van der Waals surface area contributed by atoms with Crippen LogP contribution in [0.4, 0.5) is 0 Å². The SMILES string of the molecule is CCCCC[Si]1CCC(CCCCBr)CC1. The van der Waals surface area contributed by atoms with Gasteiger partial charge in [-0.3, -0.25) is 0 Å². The molecule has 0 aliphatic carbocycles. The van der Waals surface area contributed by atoms with Gasteiger partial charge in [0.15, 0.2) is 0 Å². The van der Waals surface area contributed by atoms with E-state index in [1.807, 2.05) is 0 Å². The number of alkyl halides is 1. The van der Waals surface area contributed by atoms with Gasteiger partial charge in [-0.1, -0.05) is 85.9 Å². The van der Waals surface area contributed by atoms with Crippen molar-refractivity contribution < 1.29 is 0 Å². The van der Waals surface area contributed by atoms with Gasteiger partial charge >= 0.3 is 0 Å². The Morgan fingerprint density at radius 1 is 1.06 bits per heavy atom. The number of rotatable bonds is 8. The van der Waals surface area contributed by atoms with Crippen molar-refractivity contribution in [2.75, 3.05) is 5.33 Å². The fraction of sp³-hybridized carbons (Fsp3) is 1.00. The number of halogens is 1. The van der Waals surface area contributed by atoms with Crippen LogP contribution in [-0.2, 0) is 0 Å². The average molecular weight is 304 g/mol. The van der Waals surface area contributed by atoms with Crippen LogP contribution < -0.4 is 0 Å². The second-order valence-corrected chi connectivity index (χ2v) is 9.13. The third-order valence-electron chi connectivity index (χ3n) is 3.94. The fourth-order valence-corrected chi connectivity index (χ4v) is 6.31. The van der Waals surface area contributed by atoms with Gasteiger partial charge in [-0.15, -0.1) is 0 Å². The molecule has 1 heterocycles. The van der Waals surface area contributed by atoms with Crippen LogP contribution in [0.2, 0.25) is 18.1 Å². The van der Waals surface area contributed by atoms with Crippen molar-refractivity contribution in [1.82, 2.24) is 0 Å². The first-order chi connectivity index (χ1) is 7.86. The lowest BCUT2D eigenvalue weighted by atomic mass is 9.96. The summed E-state index contributed by atoms with van der Waals surface area (Å²) in [7, 11) is 0.108. The molecule has 1 rings (SSSR count). The van der Waals surface area contributed by atoms with Crippen LogP contribution in [0.3, 0.4) is 0 Å². The summed E-state index contributed by atoms with van der Waals surface area (Å²) in [6, 6.07) is 4.88. The zero-order valence-electron chi connectivity index (χ0n) is 10.9. The predicted octanol–water partition coefficient (Wildman–Crippen LogP) is 5.65. The van der Waals surface area contributed by atoms with E-state index in [9.17, 15) is 0 Å². The van der Waals surface area contributed by atoms with Gasteiger partial charge in [0.1, 0.15) is 0 Å². The van der Waals surface area contributed by atoms with Crippen LogP contribution in [0, 0.1) is 5.92 Å². The van der Waals surface area contributed by atoms with Crippen molar-refractivity contribution in [2.45, 2.75) is 76.4 Å². The van der Waals surface area contributed by atoms with Crippen molar-refractivity contribution >= 4 is 24.7 Å². The Labute approximate surface area is 112 Å². The molecule has 1 aliphatic heterocycles. The molecule has 1 aliphatic rings. The second kappa shape index (κ2) is 9.70. The van der Waals surface area contributed by atoms with Gasteiger partial charge < -0.3 is 0 Å². The standard InChI is InChI=1S/C14H28BrSi/c1-2-3-6-11-16-12-8-14(9-13-16)7-4-5-10-15/h14H,2-13H2,1H3. The summed E-state index contributed by atoms with van der Waals surface area (Å²) in [5.41, 5.74) is 0. The summed E-state index contributed by atoms with van der Waals surface area (Å²) in [4.78, 5) is 0. The first-order valence-corrected chi connectivity index (χ1v) is 10.5. The maximum atomic E-state index is 3.52. The van der Waals surface area contributed by atoms with Crippen molar-refractivity contribution in [3.63, 3.8) is 0 Å². The second-order valence-electron chi connectivity index (χ2n) is 5.34. The van der Waals surface area contributed by atoms with E-state index in [4.69, 9.17) is 0 Å². The number of hydrogen-bond acceptors (Lipinski definition) is 0. The van der Waals surface area contributed by atoms with Gasteiger partial charge in [-0.05, 0) is 12.3 Å². The topological polar surface area (TPSA) is 0 Å². The molecule has 1 fully saturated rings. The highest BCUT2D eigenvalue weighted by atomic mass is 79.9. The summed E-state index contributed by atoms with van der Waals surface area (Å²) in [5.74, 6) is 1.10. The van der Waals surface area contributed by atoms with E-state index in [1.54, 1.807) is 31.0 Å². The van der Waals surface area contributed by atoms with Crippen LogP contribution in [0.1, 0.15) is 58.3 Å². The number of hydrogen-bond donors (Lipinski definition) is 0. The zero-order chi connectivity index (χ0) is 11.6. The van der Waals surface area contributed by atoms with E-state index < -0.39 is 0 Å². The molecule has 0 spiro atoms. The quantitative estimate of drug-likeness (QED) is 0.309. The summed E-state index contributed by atoms with van der Waals surface area (Å²) in [5, 5.41) is 1.20. The highest BCUT2D eigenvalue weighted by Gasteiger charge is 2.21. The predicted molar refractivity (Wildman–Crippen MR) is 80.1 cm³/mol. The van der Waals surface area contributed by atoms with Crippen LogP contribution >= 0.6 is 15.9 Å². The third-order valence-corrected chi connectivity index (χ3v) is 7.56. The molecule has 0 aromatic rings. The van der Waals surface area contributed by atoms with Gasteiger partial charge in [0.25, 0.3) is 0 Å². The van der Waals surface area contributed by atoms with Gasteiger partial charge in [0, 0.05) is 14.1 Å². The lowest BCUT2D eigenvalue weighted by Crippen LogP contribution is -2.21. The highest BCUT2D eigenvalue weighted by Crippen LogP contribution is 2.31. The first kappa shape index (κ1) is 14.8. The molecule has 2 heteroatoms. The minimum atomic E-state index is 0.108. The van der Waals surface area contributed by atoms with Crippen molar-refractivity contribution in [1.29, 1.82) is 0 Å². The summed E-state index contributed by atoms with van der Waals surface area (Å²) >= 11 is 3.52. The van der Waals surface area contributed by atoms with Gasteiger partial charge in [-0.2, -0.15) is 0 Å². The van der Waals surface area contributed by atoms with E-state index in [0.29, 0.717) is 0 Å². The minimum absolute atomic E-state index is 0.108. The molecule has 0 nitrogen and oxygen atoms in total. The summed E-state index contributed by atoms with van der Waals surface area (Å²) in [6.07, 6.45) is 11.9. The lowest BCUT2D eigenvalue weighted by Gasteiger charge is -2.27. The zero-order valence-corrected chi connectivity index (χ0v) is 13.5. The van der Waals surface area contributed by atoms with E-state index in [1.165, 1.54) is 43.9 Å². The Balaban J connectivity index is 2.00. The Bertz CT molecular complexity index is 135. The van der Waals surface area contributed by atoms with Gasteiger partial charge in [0.05, 0.1) is 0 Å². The molecule has 0 atom stereocenters. The van der Waals surface area contributed by atoms with E-state index in [2.05, 4.69) is 22.9 Å². The molecule has 0 aromatic carbocycles. The maximum absolute atomic E-state index is 3.52. The first-order valence-electron chi connectivity index (χ1n) is 7.26. The number of unbranched alkanes of at least 4 members (excludes halogenated alkanes) is 3. The molecule has 0 saturated carbocycles. The molecule has 1 saturated heterocycles. The molecular weight excluding hydrogens is 276 g/mol. The summed E-state index contributed by atoms with van der Waals surface area (Å²) in [6.45, 7) is 2.32. The van der Waals surface area contributed by atoms with Crippen molar-refractivity contribution in [3.05, 3.63) is 0 Å². The Morgan fingerprint density at radius 2 is 1.81 bits per heavy atom. The molecule has 0 amide bonds. The van der Waals surface area contributed by atoms with Crippen LogP contribution in [-0.4, -0.2) is 14.1 Å². The lowest BCUT2D eigenvalue weighted by molar-refractivity contribution is 0.422. The molecule has 0 unspecified atom stereocenters.